The molecule has 3 heteroatoms. The summed E-state index contributed by atoms with van der Waals surface area (Å²) in [5.41, 5.74) is 3.69. The molecule has 2 aromatic rings. The highest BCUT2D eigenvalue weighted by molar-refractivity contribution is 6.58. The number of benzene rings is 2. The quantitative estimate of drug-likeness (QED) is 0.853. The molecule has 0 unspecified atom stereocenters. The Labute approximate surface area is 127 Å². The summed E-state index contributed by atoms with van der Waals surface area (Å²) in [6.07, 6.45) is 2.14. The molecular weight excluding hydrogens is 257 g/mol. The van der Waals surface area contributed by atoms with Crippen molar-refractivity contribution in [2.24, 2.45) is 0 Å². The lowest BCUT2D eigenvalue weighted by atomic mass is 9.74. The summed E-state index contributed by atoms with van der Waals surface area (Å²) in [5, 5.41) is 3.62. The van der Waals surface area contributed by atoms with Gasteiger partial charge in [0, 0.05) is 0 Å². The van der Waals surface area contributed by atoms with Crippen LogP contribution in [0.3, 0.4) is 0 Å². The molecule has 3 rings (SSSR count). The second kappa shape index (κ2) is 6.29. The maximum Gasteiger partial charge on any atom is 0.412 e. The van der Waals surface area contributed by atoms with E-state index in [4.69, 9.17) is 4.65 Å². The molecule has 1 aliphatic heterocycles. The maximum atomic E-state index is 6.29. The predicted octanol–water partition coefficient (Wildman–Crippen LogP) is 4.08. The van der Waals surface area contributed by atoms with Crippen LogP contribution < -0.4 is 5.23 Å². The minimum atomic E-state index is -0.0228. The topological polar surface area (TPSA) is 21.3 Å². The zero-order valence-corrected chi connectivity index (χ0v) is 12.5. The number of rotatable bonds is 3. The largest absolute Gasteiger partial charge is 0.412 e. The van der Waals surface area contributed by atoms with Gasteiger partial charge in [0.05, 0.1) is 12.1 Å². The van der Waals surface area contributed by atoms with Crippen molar-refractivity contribution in [3.05, 3.63) is 83.3 Å². The number of nitrogens with one attached hydrogen (secondary N) is 1. The van der Waals surface area contributed by atoms with Crippen molar-refractivity contribution in [3.8, 4) is 0 Å². The molecule has 21 heavy (non-hydrogen) atoms. The SMILES string of the molecule is C/C=C(\C)B1N[C@@H](c2ccccc2)[C@@H](c2ccccc2)O1. The molecule has 106 valence electrons. The van der Waals surface area contributed by atoms with Crippen LogP contribution >= 0.6 is 0 Å². The summed E-state index contributed by atoms with van der Waals surface area (Å²) < 4.78 is 6.29. The molecule has 1 heterocycles. The van der Waals surface area contributed by atoms with Crippen LogP contribution in [0, 0.1) is 0 Å². The Hall–Kier alpha value is -1.84. The van der Waals surface area contributed by atoms with Gasteiger partial charge in [-0.05, 0) is 25.0 Å². The molecule has 0 aliphatic carbocycles. The number of hydrogen-bond donors (Lipinski definition) is 1. The van der Waals surface area contributed by atoms with Crippen LogP contribution in [0.5, 0.6) is 0 Å². The molecule has 0 bridgehead atoms. The van der Waals surface area contributed by atoms with Gasteiger partial charge in [-0.2, -0.15) is 0 Å². The first-order chi connectivity index (χ1) is 10.3. The molecule has 1 N–H and O–H groups in total. The molecule has 1 fully saturated rings. The van der Waals surface area contributed by atoms with Gasteiger partial charge in [0.2, 0.25) is 0 Å². The van der Waals surface area contributed by atoms with Crippen molar-refractivity contribution < 1.29 is 4.65 Å². The van der Waals surface area contributed by atoms with Crippen molar-refractivity contribution >= 4 is 7.05 Å². The summed E-state index contributed by atoms with van der Waals surface area (Å²) in [4.78, 5) is 0. The summed E-state index contributed by atoms with van der Waals surface area (Å²) >= 11 is 0. The van der Waals surface area contributed by atoms with Crippen LogP contribution in [-0.2, 0) is 4.65 Å². The van der Waals surface area contributed by atoms with Gasteiger partial charge in [-0.15, -0.1) is 0 Å². The summed E-state index contributed by atoms with van der Waals surface area (Å²) in [6, 6.07) is 21.1. The van der Waals surface area contributed by atoms with Gasteiger partial charge in [0.25, 0.3) is 0 Å². The minimum Gasteiger partial charge on any atom is -0.409 e. The Balaban J connectivity index is 1.95. The van der Waals surface area contributed by atoms with Gasteiger partial charge in [-0.3, -0.25) is 0 Å². The molecular formula is C18H20BNO. The fourth-order valence-corrected chi connectivity index (χ4v) is 2.75. The first kappa shape index (κ1) is 14.1. The average molecular weight is 277 g/mol. The van der Waals surface area contributed by atoms with Gasteiger partial charge >= 0.3 is 7.05 Å². The average Bonchev–Trinajstić information content (AvgIpc) is 3.01. The third-order valence-electron chi connectivity index (χ3n) is 4.07. The molecule has 2 atom stereocenters. The first-order valence-corrected chi connectivity index (χ1v) is 7.44. The molecule has 2 nitrogen and oxygen atoms in total. The highest BCUT2D eigenvalue weighted by Crippen LogP contribution is 2.38. The fourth-order valence-electron chi connectivity index (χ4n) is 2.75. The lowest BCUT2D eigenvalue weighted by Gasteiger charge is -2.20. The Kier molecular flexibility index (Phi) is 4.23. The van der Waals surface area contributed by atoms with Gasteiger partial charge in [-0.1, -0.05) is 72.2 Å². The van der Waals surface area contributed by atoms with E-state index in [0.717, 1.165) is 0 Å². The van der Waals surface area contributed by atoms with Crippen LogP contribution in [0.15, 0.2) is 72.2 Å². The Morgan fingerprint density at radius 3 is 2.14 bits per heavy atom. The third-order valence-corrected chi connectivity index (χ3v) is 4.07. The number of hydrogen-bond acceptors (Lipinski definition) is 2. The van der Waals surface area contributed by atoms with Gasteiger partial charge in [-0.25, -0.2) is 0 Å². The van der Waals surface area contributed by atoms with E-state index >= 15 is 0 Å². The van der Waals surface area contributed by atoms with E-state index in [1.165, 1.54) is 16.6 Å². The zero-order chi connectivity index (χ0) is 14.7. The predicted molar refractivity (Wildman–Crippen MR) is 87.8 cm³/mol. The van der Waals surface area contributed by atoms with Crippen molar-refractivity contribution in [2.75, 3.05) is 0 Å². The van der Waals surface area contributed by atoms with Crippen LogP contribution in [-0.4, -0.2) is 7.05 Å². The molecule has 0 radical (unpaired) electrons. The molecule has 1 aliphatic rings. The van der Waals surface area contributed by atoms with Crippen molar-refractivity contribution in [3.63, 3.8) is 0 Å². The highest BCUT2D eigenvalue weighted by Gasteiger charge is 2.39. The second-order valence-corrected chi connectivity index (χ2v) is 5.44. The van der Waals surface area contributed by atoms with E-state index in [1.807, 2.05) is 19.1 Å². The van der Waals surface area contributed by atoms with E-state index in [2.05, 4.69) is 66.8 Å². The van der Waals surface area contributed by atoms with Crippen molar-refractivity contribution in [1.82, 2.24) is 5.23 Å². The molecule has 0 saturated carbocycles. The van der Waals surface area contributed by atoms with E-state index in [-0.39, 0.29) is 19.2 Å². The lowest BCUT2D eigenvalue weighted by molar-refractivity contribution is 0.216. The molecule has 0 amide bonds. The smallest absolute Gasteiger partial charge is 0.409 e. The number of allylic oxidation sites excluding steroid dienone is 2. The monoisotopic (exact) mass is 277 g/mol. The summed E-state index contributed by atoms with van der Waals surface area (Å²) in [5.74, 6) is 0. The molecule has 0 aromatic heterocycles. The van der Waals surface area contributed by atoms with Crippen molar-refractivity contribution in [2.45, 2.75) is 26.0 Å². The lowest BCUT2D eigenvalue weighted by Crippen LogP contribution is -2.31. The Bertz CT molecular complexity index is 564. The highest BCUT2D eigenvalue weighted by atomic mass is 16.5. The molecule has 0 spiro atoms. The van der Waals surface area contributed by atoms with Gasteiger partial charge < -0.3 is 9.88 Å². The van der Waals surface area contributed by atoms with Crippen LogP contribution in [0.2, 0.25) is 0 Å². The molecule has 1 saturated heterocycles. The van der Waals surface area contributed by atoms with E-state index in [1.54, 1.807) is 0 Å². The maximum absolute atomic E-state index is 6.29. The standard InChI is InChI=1S/C18H20BNO/c1-3-14(2)19-20-17(15-10-6-4-7-11-15)18(21-19)16-12-8-5-9-13-16/h3-13,17-18,20H,1-2H3/b14-3+/t17-,18+/m0/s1. The fraction of sp³-hybridized carbons (Fsp3) is 0.222. The normalized spacial score (nSPS) is 22.6. The van der Waals surface area contributed by atoms with Crippen LogP contribution in [0.4, 0.5) is 0 Å². The molecule has 2 aromatic carbocycles. The van der Waals surface area contributed by atoms with Crippen LogP contribution in [0.25, 0.3) is 0 Å². The van der Waals surface area contributed by atoms with Crippen molar-refractivity contribution in [1.29, 1.82) is 0 Å². The van der Waals surface area contributed by atoms with Gasteiger partial charge in [0.1, 0.15) is 0 Å². The Morgan fingerprint density at radius 1 is 1.00 bits per heavy atom. The Morgan fingerprint density at radius 2 is 1.57 bits per heavy atom. The first-order valence-electron chi connectivity index (χ1n) is 7.44. The third kappa shape index (κ3) is 2.94. The zero-order valence-electron chi connectivity index (χ0n) is 12.5. The summed E-state index contributed by atoms with van der Waals surface area (Å²) in [7, 11) is -0.0228. The van der Waals surface area contributed by atoms with E-state index < -0.39 is 0 Å². The van der Waals surface area contributed by atoms with E-state index in [9.17, 15) is 0 Å². The van der Waals surface area contributed by atoms with Crippen LogP contribution in [0.1, 0.15) is 37.1 Å². The van der Waals surface area contributed by atoms with E-state index in [0.29, 0.717) is 0 Å². The minimum absolute atomic E-state index is 0.0228. The van der Waals surface area contributed by atoms with Gasteiger partial charge in [0.15, 0.2) is 0 Å². The summed E-state index contributed by atoms with van der Waals surface area (Å²) in [6.45, 7) is 4.15. The second-order valence-electron chi connectivity index (χ2n) is 5.44.